The number of aromatic nitrogens is 1. The Hall–Kier alpha value is -2.32. The van der Waals surface area contributed by atoms with Gasteiger partial charge in [-0.2, -0.15) is 4.98 Å². The van der Waals surface area contributed by atoms with E-state index in [2.05, 4.69) is 18.8 Å². The molecule has 1 heterocycles. The van der Waals surface area contributed by atoms with Crippen molar-refractivity contribution >= 4 is 10.0 Å². The molecule has 0 spiro atoms. The molecule has 2 aromatic rings. The minimum Gasteiger partial charge on any atom is -0.488 e. The van der Waals surface area contributed by atoms with Crippen LogP contribution in [0.5, 0.6) is 17.5 Å². The number of rotatable bonds is 7. The second kappa shape index (κ2) is 7.01. The van der Waals surface area contributed by atoms with Crippen LogP contribution in [0.3, 0.4) is 0 Å². The van der Waals surface area contributed by atoms with Crippen molar-refractivity contribution in [3.05, 3.63) is 42.0 Å². The Morgan fingerprint density at radius 2 is 1.74 bits per heavy atom. The van der Waals surface area contributed by atoms with Gasteiger partial charge < -0.3 is 14.2 Å². The van der Waals surface area contributed by atoms with E-state index in [-0.39, 0.29) is 22.1 Å². The molecule has 0 aliphatic heterocycles. The third kappa shape index (κ3) is 3.86. The summed E-state index contributed by atoms with van der Waals surface area (Å²) in [6, 6.07) is 10.2. The summed E-state index contributed by atoms with van der Waals surface area (Å²) < 4.78 is 39.2. The van der Waals surface area contributed by atoms with Gasteiger partial charge in [0, 0.05) is 12.0 Å². The van der Waals surface area contributed by atoms with Gasteiger partial charge in [-0.1, -0.05) is 26.0 Å². The fraction of sp³-hybridized carbons (Fsp3) is 0.421. The lowest BCUT2D eigenvalue weighted by molar-refractivity contribution is 0.257. The first kappa shape index (κ1) is 19.4. The molecule has 0 radical (unpaired) electrons. The number of methoxy groups -OCH3 is 2. The molecule has 1 saturated carbocycles. The van der Waals surface area contributed by atoms with Crippen LogP contribution in [0.1, 0.15) is 25.3 Å². The standard InChI is InChI=1S/C19H24N2O5S/c1-19(2)14(11-26-15-9-10-16(24-3)21-18(15)25-4)17(19)12-5-7-13(8-6-12)27(20,22)23/h5-10,14,17H,11H2,1-4H3,(H2,20,22,23)/t14-,17-/m1/s1. The number of hydrogen-bond donors (Lipinski definition) is 1. The third-order valence-corrected chi connectivity index (χ3v) is 6.17. The van der Waals surface area contributed by atoms with Gasteiger partial charge in [-0.3, -0.25) is 0 Å². The van der Waals surface area contributed by atoms with Crippen molar-refractivity contribution in [2.24, 2.45) is 16.5 Å². The van der Waals surface area contributed by atoms with E-state index in [0.717, 1.165) is 5.56 Å². The van der Waals surface area contributed by atoms with Crippen molar-refractivity contribution in [1.29, 1.82) is 0 Å². The summed E-state index contributed by atoms with van der Waals surface area (Å²) in [5, 5.41) is 5.16. The summed E-state index contributed by atoms with van der Waals surface area (Å²) in [7, 11) is -0.607. The average molecular weight is 392 g/mol. The van der Waals surface area contributed by atoms with Crippen molar-refractivity contribution in [2.75, 3.05) is 20.8 Å². The van der Waals surface area contributed by atoms with E-state index in [4.69, 9.17) is 19.3 Å². The molecule has 7 nitrogen and oxygen atoms in total. The maximum atomic E-state index is 11.4. The Balaban J connectivity index is 1.72. The summed E-state index contributed by atoms with van der Waals surface area (Å²) in [6.07, 6.45) is 0. The Bertz CT molecular complexity index is 926. The van der Waals surface area contributed by atoms with Crippen LogP contribution in [0.15, 0.2) is 41.3 Å². The van der Waals surface area contributed by atoms with Gasteiger partial charge in [0.05, 0.1) is 25.7 Å². The molecule has 2 atom stereocenters. The lowest BCUT2D eigenvalue weighted by atomic mass is 10.0. The molecule has 0 unspecified atom stereocenters. The minimum absolute atomic E-state index is 0.0379. The van der Waals surface area contributed by atoms with Crippen molar-refractivity contribution in [3.63, 3.8) is 0 Å². The maximum absolute atomic E-state index is 11.4. The van der Waals surface area contributed by atoms with Crippen LogP contribution in [-0.4, -0.2) is 34.2 Å². The number of pyridine rings is 1. The summed E-state index contributed by atoms with van der Waals surface area (Å²) in [4.78, 5) is 4.33. The van der Waals surface area contributed by atoms with Crippen LogP contribution >= 0.6 is 0 Å². The number of primary sulfonamides is 1. The van der Waals surface area contributed by atoms with E-state index in [1.807, 2.05) is 12.1 Å². The molecule has 0 saturated heterocycles. The Morgan fingerprint density at radius 3 is 2.30 bits per heavy atom. The van der Waals surface area contributed by atoms with Crippen molar-refractivity contribution in [1.82, 2.24) is 4.98 Å². The molecule has 146 valence electrons. The zero-order chi connectivity index (χ0) is 19.8. The number of ether oxygens (including phenoxy) is 3. The SMILES string of the molecule is COc1ccc(OC[C@@H]2[C@@H](c3ccc(S(N)(=O)=O)cc3)C2(C)C)c(OC)n1. The predicted octanol–water partition coefficient (Wildman–Crippen LogP) is 2.56. The molecule has 1 aromatic heterocycles. The van der Waals surface area contributed by atoms with Gasteiger partial charge in [0.15, 0.2) is 5.75 Å². The van der Waals surface area contributed by atoms with Crippen molar-refractivity contribution < 1.29 is 22.6 Å². The zero-order valence-electron chi connectivity index (χ0n) is 15.8. The van der Waals surface area contributed by atoms with Gasteiger partial charge in [-0.15, -0.1) is 0 Å². The van der Waals surface area contributed by atoms with Crippen molar-refractivity contribution in [3.8, 4) is 17.5 Å². The highest BCUT2D eigenvalue weighted by Crippen LogP contribution is 2.64. The highest BCUT2D eigenvalue weighted by Gasteiger charge is 2.58. The van der Waals surface area contributed by atoms with Crippen LogP contribution < -0.4 is 19.3 Å². The molecule has 3 rings (SSSR count). The smallest absolute Gasteiger partial charge is 0.260 e. The summed E-state index contributed by atoms with van der Waals surface area (Å²) in [6.45, 7) is 4.84. The summed E-state index contributed by atoms with van der Waals surface area (Å²) in [5.74, 6) is 1.94. The molecular formula is C19H24N2O5S. The molecule has 1 fully saturated rings. The first-order valence-electron chi connectivity index (χ1n) is 8.53. The number of nitrogens with two attached hydrogens (primary N) is 1. The molecule has 0 bridgehead atoms. The molecule has 1 aliphatic carbocycles. The summed E-state index contributed by atoms with van der Waals surface area (Å²) >= 11 is 0. The fourth-order valence-electron chi connectivity index (χ4n) is 3.54. The lowest BCUT2D eigenvalue weighted by Crippen LogP contribution is -2.11. The topological polar surface area (TPSA) is 101 Å². The van der Waals surface area contributed by atoms with Gasteiger partial charge in [-0.05, 0) is 35.1 Å². The number of nitrogens with zero attached hydrogens (tertiary/aromatic N) is 1. The number of sulfonamides is 1. The van der Waals surface area contributed by atoms with Gasteiger partial charge in [-0.25, -0.2) is 13.6 Å². The van der Waals surface area contributed by atoms with E-state index in [0.29, 0.717) is 24.1 Å². The highest BCUT2D eigenvalue weighted by molar-refractivity contribution is 7.89. The van der Waals surface area contributed by atoms with Crippen LogP contribution in [0.4, 0.5) is 0 Å². The first-order valence-corrected chi connectivity index (χ1v) is 10.1. The van der Waals surface area contributed by atoms with E-state index in [1.54, 1.807) is 31.4 Å². The monoisotopic (exact) mass is 392 g/mol. The molecule has 2 N–H and O–H groups in total. The van der Waals surface area contributed by atoms with Crippen LogP contribution in [-0.2, 0) is 10.0 Å². The molecular weight excluding hydrogens is 368 g/mol. The second-order valence-corrected chi connectivity index (χ2v) is 8.75. The first-order chi connectivity index (χ1) is 12.7. The molecule has 1 aliphatic rings. The zero-order valence-corrected chi connectivity index (χ0v) is 16.6. The second-order valence-electron chi connectivity index (χ2n) is 7.19. The minimum atomic E-state index is -3.68. The van der Waals surface area contributed by atoms with Gasteiger partial charge in [0.1, 0.15) is 0 Å². The highest BCUT2D eigenvalue weighted by atomic mass is 32.2. The molecule has 1 aromatic carbocycles. The van der Waals surface area contributed by atoms with Gasteiger partial charge >= 0.3 is 0 Å². The van der Waals surface area contributed by atoms with E-state index in [9.17, 15) is 8.42 Å². The molecule has 8 heteroatoms. The average Bonchev–Trinajstić information content (AvgIpc) is 3.19. The van der Waals surface area contributed by atoms with Gasteiger partial charge in [0.2, 0.25) is 15.9 Å². The molecule has 0 amide bonds. The van der Waals surface area contributed by atoms with Crippen LogP contribution in [0.2, 0.25) is 0 Å². The Labute approximate surface area is 159 Å². The lowest BCUT2D eigenvalue weighted by Gasteiger charge is -2.11. The molecule has 27 heavy (non-hydrogen) atoms. The normalized spacial score (nSPS) is 20.8. The predicted molar refractivity (Wildman–Crippen MR) is 101 cm³/mol. The van der Waals surface area contributed by atoms with E-state index < -0.39 is 10.0 Å². The Morgan fingerprint density at radius 1 is 1.07 bits per heavy atom. The Kier molecular flexibility index (Phi) is 5.05. The number of hydrogen-bond acceptors (Lipinski definition) is 6. The third-order valence-electron chi connectivity index (χ3n) is 5.24. The van der Waals surface area contributed by atoms with Crippen LogP contribution in [0.25, 0.3) is 0 Å². The quantitative estimate of drug-likeness (QED) is 0.777. The maximum Gasteiger partial charge on any atom is 0.260 e. The largest absolute Gasteiger partial charge is 0.488 e. The fourth-order valence-corrected chi connectivity index (χ4v) is 4.06. The van der Waals surface area contributed by atoms with Gasteiger partial charge in [0.25, 0.3) is 5.88 Å². The van der Waals surface area contributed by atoms with Crippen LogP contribution in [0, 0.1) is 11.3 Å². The number of benzene rings is 1. The summed E-state index contributed by atoms with van der Waals surface area (Å²) in [5.41, 5.74) is 1.11. The van der Waals surface area contributed by atoms with Crippen molar-refractivity contribution in [2.45, 2.75) is 24.7 Å². The van der Waals surface area contributed by atoms with E-state index >= 15 is 0 Å². The van der Waals surface area contributed by atoms with E-state index in [1.165, 1.54) is 7.11 Å².